The molecular formula is C13H12O5. The van der Waals surface area contributed by atoms with E-state index in [2.05, 4.69) is 9.47 Å². The van der Waals surface area contributed by atoms with Crippen molar-refractivity contribution >= 4 is 23.8 Å². The van der Waals surface area contributed by atoms with Gasteiger partial charge in [0.1, 0.15) is 5.57 Å². The summed E-state index contributed by atoms with van der Waals surface area (Å²) in [5.41, 5.74) is 0.241. The van der Waals surface area contributed by atoms with E-state index in [1.54, 1.807) is 30.3 Å². The van der Waals surface area contributed by atoms with Crippen LogP contribution in [0.3, 0.4) is 0 Å². The van der Waals surface area contributed by atoms with Crippen LogP contribution in [0.15, 0.2) is 35.9 Å². The zero-order chi connectivity index (χ0) is 13.5. The van der Waals surface area contributed by atoms with Crippen LogP contribution in [0.4, 0.5) is 0 Å². The Morgan fingerprint density at radius 3 is 2.00 bits per heavy atom. The second-order valence-corrected chi connectivity index (χ2v) is 3.28. The Labute approximate surface area is 104 Å². The van der Waals surface area contributed by atoms with Crippen LogP contribution >= 0.6 is 0 Å². The average Bonchev–Trinajstić information content (AvgIpc) is 2.43. The normalized spacial score (nSPS) is 10.7. The van der Waals surface area contributed by atoms with Crippen LogP contribution in [0.25, 0.3) is 6.08 Å². The number of hydrogen-bond acceptors (Lipinski definition) is 5. The summed E-state index contributed by atoms with van der Waals surface area (Å²) >= 11 is 0. The van der Waals surface area contributed by atoms with Crippen molar-refractivity contribution < 1.29 is 23.9 Å². The first-order valence-electron chi connectivity index (χ1n) is 5.08. The highest BCUT2D eigenvalue weighted by Crippen LogP contribution is 2.09. The van der Waals surface area contributed by atoms with Gasteiger partial charge in [0.25, 0.3) is 5.78 Å². The second kappa shape index (κ2) is 6.34. The molecule has 0 spiro atoms. The van der Waals surface area contributed by atoms with Crippen molar-refractivity contribution in [2.75, 3.05) is 14.2 Å². The Morgan fingerprint density at radius 2 is 1.50 bits per heavy atom. The minimum atomic E-state index is -1.11. The summed E-state index contributed by atoms with van der Waals surface area (Å²) in [6.07, 6.45) is 1.28. The molecule has 0 saturated carbocycles. The number of rotatable bonds is 4. The van der Waals surface area contributed by atoms with Crippen molar-refractivity contribution in [2.45, 2.75) is 0 Å². The fourth-order valence-electron chi connectivity index (χ4n) is 1.25. The van der Waals surface area contributed by atoms with Crippen LogP contribution in [0.2, 0.25) is 0 Å². The molecule has 5 nitrogen and oxygen atoms in total. The van der Waals surface area contributed by atoms with Crippen LogP contribution < -0.4 is 0 Å². The van der Waals surface area contributed by atoms with Gasteiger partial charge in [0, 0.05) is 0 Å². The summed E-state index contributed by atoms with van der Waals surface area (Å²) in [5, 5.41) is 0. The third kappa shape index (κ3) is 3.28. The van der Waals surface area contributed by atoms with Crippen LogP contribution in [0, 0.1) is 0 Å². The highest BCUT2D eigenvalue weighted by atomic mass is 16.5. The van der Waals surface area contributed by atoms with E-state index in [9.17, 15) is 14.4 Å². The lowest BCUT2D eigenvalue weighted by Crippen LogP contribution is -2.23. The molecule has 0 aliphatic heterocycles. The summed E-state index contributed by atoms with van der Waals surface area (Å²) in [6.45, 7) is 0. The van der Waals surface area contributed by atoms with E-state index in [-0.39, 0.29) is 5.57 Å². The molecule has 0 atom stereocenters. The monoisotopic (exact) mass is 248 g/mol. The third-order valence-electron chi connectivity index (χ3n) is 2.13. The zero-order valence-electron chi connectivity index (χ0n) is 10.0. The number of ether oxygens (including phenoxy) is 2. The van der Waals surface area contributed by atoms with Gasteiger partial charge in [0.2, 0.25) is 0 Å². The summed E-state index contributed by atoms with van der Waals surface area (Å²) < 4.78 is 8.75. The predicted molar refractivity (Wildman–Crippen MR) is 63.5 cm³/mol. The summed E-state index contributed by atoms with van der Waals surface area (Å²) in [7, 11) is 2.20. The van der Waals surface area contributed by atoms with Gasteiger partial charge < -0.3 is 9.47 Å². The molecule has 0 amide bonds. The lowest BCUT2D eigenvalue weighted by Gasteiger charge is -2.03. The fourth-order valence-corrected chi connectivity index (χ4v) is 1.25. The number of ketones is 1. The molecule has 0 unspecified atom stereocenters. The van der Waals surface area contributed by atoms with E-state index < -0.39 is 17.7 Å². The maximum absolute atomic E-state index is 11.6. The summed E-state index contributed by atoms with van der Waals surface area (Å²) in [4.78, 5) is 34.2. The van der Waals surface area contributed by atoms with Crippen molar-refractivity contribution in [2.24, 2.45) is 0 Å². The molecule has 0 saturated heterocycles. The van der Waals surface area contributed by atoms with E-state index in [4.69, 9.17) is 0 Å². The second-order valence-electron chi connectivity index (χ2n) is 3.28. The van der Waals surface area contributed by atoms with E-state index in [1.165, 1.54) is 6.08 Å². The minimum Gasteiger partial charge on any atom is -0.465 e. The van der Waals surface area contributed by atoms with Gasteiger partial charge in [-0.3, -0.25) is 4.79 Å². The molecule has 0 N–H and O–H groups in total. The molecule has 18 heavy (non-hydrogen) atoms. The number of esters is 2. The number of hydrogen-bond donors (Lipinski definition) is 0. The smallest absolute Gasteiger partial charge is 0.379 e. The van der Waals surface area contributed by atoms with Crippen LogP contribution in [-0.2, 0) is 23.9 Å². The molecular weight excluding hydrogens is 236 g/mol. The Balaban J connectivity index is 3.14. The van der Waals surface area contributed by atoms with Gasteiger partial charge >= 0.3 is 11.9 Å². The molecule has 0 fully saturated rings. The van der Waals surface area contributed by atoms with E-state index in [1.807, 2.05) is 0 Å². The highest BCUT2D eigenvalue weighted by Gasteiger charge is 2.26. The standard InChI is InChI=1S/C13H12O5/c1-17-12(15)10(11(14)13(16)18-2)8-9-6-4-3-5-7-9/h3-8H,1-2H3. The fraction of sp³-hybridized carbons (Fsp3) is 0.154. The number of methoxy groups -OCH3 is 2. The number of carbonyl (C=O) groups is 3. The topological polar surface area (TPSA) is 69.7 Å². The molecule has 94 valence electrons. The van der Waals surface area contributed by atoms with Gasteiger partial charge in [-0.25, -0.2) is 9.59 Å². The van der Waals surface area contributed by atoms with Gasteiger partial charge in [-0.2, -0.15) is 0 Å². The molecule has 5 heteroatoms. The molecule has 1 aromatic carbocycles. The Bertz CT molecular complexity index is 487. The van der Waals surface area contributed by atoms with Crippen molar-refractivity contribution in [3.63, 3.8) is 0 Å². The Kier molecular flexibility index (Phi) is 4.80. The minimum absolute atomic E-state index is 0.365. The maximum atomic E-state index is 11.6. The quantitative estimate of drug-likeness (QED) is 0.261. The number of Topliss-reactive ketones (excluding diaryl/α,β-unsaturated/α-hetero) is 1. The van der Waals surface area contributed by atoms with Crippen LogP contribution in [0.1, 0.15) is 5.56 Å². The van der Waals surface area contributed by atoms with Crippen molar-refractivity contribution in [1.82, 2.24) is 0 Å². The predicted octanol–water partition coefficient (Wildman–Crippen LogP) is 0.985. The van der Waals surface area contributed by atoms with E-state index in [0.717, 1.165) is 14.2 Å². The number of carbonyl (C=O) groups excluding carboxylic acids is 3. The van der Waals surface area contributed by atoms with Gasteiger partial charge in [-0.15, -0.1) is 0 Å². The molecule has 0 radical (unpaired) electrons. The largest absolute Gasteiger partial charge is 0.465 e. The van der Waals surface area contributed by atoms with Gasteiger partial charge in [0.05, 0.1) is 14.2 Å². The molecule has 0 aromatic heterocycles. The van der Waals surface area contributed by atoms with E-state index >= 15 is 0 Å². The third-order valence-corrected chi connectivity index (χ3v) is 2.13. The Morgan fingerprint density at radius 1 is 0.944 bits per heavy atom. The van der Waals surface area contributed by atoms with Gasteiger partial charge in [0.15, 0.2) is 0 Å². The lowest BCUT2D eigenvalue weighted by atomic mass is 10.1. The van der Waals surface area contributed by atoms with Gasteiger partial charge in [-0.05, 0) is 11.6 Å². The molecule has 1 aromatic rings. The maximum Gasteiger partial charge on any atom is 0.379 e. The highest BCUT2D eigenvalue weighted by molar-refractivity contribution is 6.47. The molecule has 0 aliphatic carbocycles. The first kappa shape index (κ1) is 13.6. The van der Waals surface area contributed by atoms with Crippen molar-refractivity contribution in [3.05, 3.63) is 41.5 Å². The van der Waals surface area contributed by atoms with Crippen molar-refractivity contribution in [3.8, 4) is 0 Å². The SMILES string of the molecule is COC(=O)C(=O)C(=Cc1ccccc1)C(=O)OC. The van der Waals surface area contributed by atoms with Gasteiger partial charge in [-0.1, -0.05) is 30.3 Å². The summed E-state index contributed by atoms with van der Waals surface area (Å²) in [6, 6.07) is 8.64. The Hall–Kier alpha value is -2.43. The molecule has 0 aliphatic rings. The average molecular weight is 248 g/mol. The lowest BCUT2D eigenvalue weighted by molar-refractivity contribution is -0.151. The summed E-state index contributed by atoms with van der Waals surface area (Å²) in [5.74, 6) is -3.02. The molecule has 1 rings (SSSR count). The molecule has 0 bridgehead atoms. The first-order chi connectivity index (χ1) is 8.60. The van der Waals surface area contributed by atoms with Crippen molar-refractivity contribution in [1.29, 1.82) is 0 Å². The molecule has 0 heterocycles. The van der Waals surface area contributed by atoms with Crippen LogP contribution in [0.5, 0.6) is 0 Å². The number of benzene rings is 1. The van der Waals surface area contributed by atoms with Crippen LogP contribution in [-0.4, -0.2) is 31.9 Å². The first-order valence-corrected chi connectivity index (χ1v) is 5.08. The zero-order valence-corrected chi connectivity index (χ0v) is 10.0. The van der Waals surface area contributed by atoms with E-state index in [0.29, 0.717) is 5.56 Å².